The van der Waals surface area contributed by atoms with Gasteiger partial charge >= 0.3 is 0 Å². The van der Waals surface area contributed by atoms with Gasteiger partial charge in [0, 0.05) is 13.2 Å². The minimum Gasteiger partial charge on any atom is -0.357 e. The molecule has 0 saturated heterocycles. The highest BCUT2D eigenvalue weighted by molar-refractivity contribution is 5.95. The number of aromatic nitrogens is 1. The summed E-state index contributed by atoms with van der Waals surface area (Å²) in [5, 5.41) is 5.26. The number of hydrogen-bond donors (Lipinski definition) is 2. The Labute approximate surface area is 107 Å². The molecular formula is C13H19N3O2. The van der Waals surface area contributed by atoms with E-state index < -0.39 is 6.04 Å². The molecule has 5 nitrogen and oxygen atoms in total. The Balaban J connectivity index is 2.71. The number of hydrogen-bond acceptors (Lipinski definition) is 3. The first-order valence-electron chi connectivity index (χ1n) is 5.98. The van der Waals surface area contributed by atoms with Crippen molar-refractivity contribution >= 4 is 11.8 Å². The van der Waals surface area contributed by atoms with E-state index >= 15 is 0 Å². The summed E-state index contributed by atoms with van der Waals surface area (Å²) in [5.74, 6) is -0.200. The van der Waals surface area contributed by atoms with E-state index in [2.05, 4.69) is 15.6 Å². The number of likely N-dealkylation sites (N-methyl/N-ethyl adjacent to an activating group) is 1. The molecule has 2 amide bonds. The zero-order chi connectivity index (χ0) is 13.5. The zero-order valence-electron chi connectivity index (χ0n) is 10.9. The Morgan fingerprint density at radius 1 is 1.33 bits per heavy atom. The van der Waals surface area contributed by atoms with Gasteiger partial charge in [0.05, 0.1) is 0 Å². The average Bonchev–Trinajstić information content (AvgIpc) is 2.37. The van der Waals surface area contributed by atoms with Gasteiger partial charge in [0.2, 0.25) is 5.91 Å². The third-order valence-corrected chi connectivity index (χ3v) is 2.47. The Morgan fingerprint density at radius 2 is 2.06 bits per heavy atom. The predicted molar refractivity (Wildman–Crippen MR) is 69.0 cm³/mol. The van der Waals surface area contributed by atoms with Crippen LogP contribution in [0.15, 0.2) is 24.4 Å². The molecule has 1 aromatic rings. The number of nitrogens with one attached hydrogen (secondary N) is 2. The molecule has 0 spiro atoms. The molecule has 1 atom stereocenters. The van der Waals surface area contributed by atoms with Crippen LogP contribution in [0.5, 0.6) is 0 Å². The molecule has 0 aliphatic carbocycles. The van der Waals surface area contributed by atoms with Crippen LogP contribution in [-0.2, 0) is 4.79 Å². The van der Waals surface area contributed by atoms with Gasteiger partial charge in [-0.15, -0.1) is 0 Å². The maximum absolute atomic E-state index is 11.9. The lowest BCUT2D eigenvalue weighted by Crippen LogP contribution is -2.46. The fourth-order valence-corrected chi connectivity index (χ4v) is 1.61. The van der Waals surface area contributed by atoms with Crippen molar-refractivity contribution < 1.29 is 9.59 Å². The second kappa shape index (κ2) is 6.74. The van der Waals surface area contributed by atoms with Gasteiger partial charge in [-0.2, -0.15) is 0 Å². The summed E-state index contributed by atoms with van der Waals surface area (Å²) in [5.41, 5.74) is 0.315. The van der Waals surface area contributed by atoms with E-state index in [0.29, 0.717) is 18.0 Å². The lowest BCUT2D eigenvalue weighted by atomic mass is 10.0. The van der Waals surface area contributed by atoms with Crippen LogP contribution in [0.4, 0.5) is 0 Å². The quantitative estimate of drug-likeness (QED) is 0.817. The standard InChI is InChI=1S/C13H19N3O2/c1-9(2)8-11(12(17)14-3)16-13(18)10-6-4-5-7-15-10/h4-7,9,11H,8H2,1-3H3,(H,14,17)(H,16,18)/t11-/m1/s1. The predicted octanol–water partition coefficient (Wildman–Crippen LogP) is 0.972. The van der Waals surface area contributed by atoms with E-state index in [1.54, 1.807) is 31.4 Å². The maximum atomic E-state index is 11.9. The highest BCUT2D eigenvalue weighted by Crippen LogP contribution is 2.06. The van der Waals surface area contributed by atoms with Gasteiger partial charge in [-0.3, -0.25) is 14.6 Å². The van der Waals surface area contributed by atoms with Gasteiger partial charge in [-0.1, -0.05) is 19.9 Å². The van der Waals surface area contributed by atoms with Crippen LogP contribution in [0, 0.1) is 5.92 Å². The Hall–Kier alpha value is -1.91. The number of pyridine rings is 1. The molecule has 2 N–H and O–H groups in total. The molecule has 0 aliphatic rings. The second-order valence-electron chi connectivity index (χ2n) is 4.48. The van der Waals surface area contributed by atoms with Crippen molar-refractivity contribution in [3.63, 3.8) is 0 Å². The lowest BCUT2D eigenvalue weighted by molar-refractivity contribution is -0.122. The molecule has 1 aromatic heterocycles. The van der Waals surface area contributed by atoms with Gasteiger partial charge in [-0.05, 0) is 24.5 Å². The highest BCUT2D eigenvalue weighted by Gasteiger charge is 2.21. The van der Waals surface area contributed by atoms with Crippen molar-refractivity contribution in [2.45, 2.75) is 26.3 Å². The van der Waals surface area contributed by atoms with Crippen LogP contribution in [-0.4, -0.2) is 29.9 Å². The summed E-state index contributed by atoms with van der Waals surface area (Å²) in [6, 6.07) is 4.57. The van der Waals surface area contributed by atoms with Crippen molar-refractivity contribution in [3.05, 3.63) is 30.1 Å². The van der Waals surface area contributed by atoms with Crippen LogP contribution in [0.3, 0.4) is 0 Å². The number of amides is 2. The molecule has 0 aliphatic heterocycles. The summed E-state index contributed by atoms with van der Waals surface area (Å²) < 4.78 is 0. The minimum absolute atomic E-state index is 0.187. The summed E-state index contributed by atoms with van der Waals surface area (Å²) in [7, 11) is 1.56. The minimum atomic E-state index is -0.524. The fourth-order valence-electron chi connectivity index (χ4n) is 1.61. The molecule has 1 rings (SSSR count). The summed E-state index contributed by atoms with van der Waals surface area (Å²) in [6.45, 7) is 4.01. The third kappa shape index (κ3) is 4.16. The molecule has 0 bridgehead atoms. The summed E-state index contributed by atoms with van der Waals surface area (Å²) in [4.78, 5) is 27.5. The number of carbonyl (C=O) groups excluding carboxylic acids is 2. The first-order valence-corrected chi connectivity index (χ1v) is 5.98. The van der Waals surface area contributed by atoms with E-state index in [1.807, 2.05) is 13.8 Å². The molecule has 0 fully saturated rings. The summed E-state index contributed by atoms with van der Waals surface area (Å²) >= 11 is 0. The topological polar surface area (TPSA) is 71.1 Å². The number of nitrogens with zero attached hydrogens (tertiary/aromatic N) is 1. The summed E-state index contributed by atoms with van der Waals surface area (Å²) in [6.07, 6.45) is 2.14. The van der Waals surface area contributed by atoms with Crippen molar-refractivity contribution in [1.82, 2.24) is 15.6 Å². The second-order valence-corrected chi connectivity index (χ2v) is 4.48. The lowest BCUT2D eigenvalue weighted by Gasteiger charge is -2.18. The highest BCUT2D eigenvalue weighted by atomic mass is 16.2. The maximum Gasteiger partial charge on any atom is 0.270 e. The Kier molecular flexibility index (Phi) is 5.30. The van der Waals surface area contributed by atoms with Crippen LogP contribution < -0.4 is 10.6 Å². The Bertz CT molecular complexity index is 404. The van der Waals surface area contributed by atoms with Crippen molar-refractivity contribution in [1.29, 1.82) is 0 Å². The molecule has 98 valence electrons. The molecule has 0 saturated carbocycles. The van der Waals surface area contributed by atoms with Gasteiger partial charge < -0.3 is 10.6 Å². The van der Waals surface area contributed by atoms with Gasteiger partial charge in [0.15, 0.2) is 0 Å². The molecule has 1 heterocycles. The van der Waals surface area contributed by atoms with E-state index in [-0.39, 0.29) is 11.8 Å². The van der Waals surface area contributed by atoms with Crippen LogP contribution in [0.2, 0.25) is 0 Å². The Morgan fingerprint density at radius 3 is 2.56 bits per heavy atom. The molecule has 0 unspecified atom stereocenters. The number of rotatable bonds is 5. The molecule has 18 heavy (non-hydrogen) atoms. The first kappa shape index (κ1) is 14.2. The SMILES string of the molecule is CNC(=O)[C@@H](CC(C)C)NC(=O)c1ccccn1. The van der Waals surface area contributed by atoms with E-state index in [9.17, 15) is 9.59 Å². The van der Waals surface area contributed by atoms with Crippen LogP contribution >= 0.6 is 0 Å². The van der Waals surface area contributed by atoms with Crippen LogP contribution in [0.25, 0.3) is 0 Å². The van der Waals surface area contributed by atoms with Gasteiger partial charge in [0.1, 0.15) is 11.7 Å². The molecule has 5 heteroatoms. The third-order valence-electron chi connectivity index (χ3n) is 2.47. The van der Waals surface area contributed by atoms with Crippen molar-refractivity contribution in [2.75, 3.05) is 7.05 Å². The van der Waals surface area contributed by atoms with Crippen molar-refractivity contribution in [3.8, 4) is 0 Å². The monoisotopic (exact) mass is 249 g/mol. The number of carbonyl (C=O) groups is 2. The largest absolute Gasteiger partial charge is 0.357 e. The zero-order valence-corrected chi connectivity index (χ0v) is 10.9. The molecular weight excluding hydrogens is 230 g/mol. The molecule has 0 radical (unpaired) electrons. The van der Waals surface area contributed by atoms with E-state index in [0.717, 1.165) is 0 Å². The average molecular weight is 249 g/mol. The fraction of sp³-hybridized carbons (Fsp3) is 0.462. The normalized spacial score (nSPS) is 12.0. The molecule has 0 aromatic carbocycles. The van der Waals surface area contributed by atoms with E-state index in [4.69, 9.17) is 0 Å². The smallest absolute Gasteiger partial charge is 0.270 e. The van der Waals surface area contributed by atoms with Crippen LogP contribution in [0.1, 0.15) is 30.8 Å². The van der Waals surface area contributed by atoms with Gasteiger partial charge in [-0.25, -0.2) is 0 Å². The van der Waals surface area contributed by atoms with Crippen molar-refractivity contribution in [2.24, 2.45) is 5.92 Å². The first-order chi connectivity index (χ1) is 8.54. The van der Waals surface area contributed by atoms with E-state index in [1.165, 1.54) is 0 Å². The van der Waals surface area contributed by atoms with Gasteiger partial charge in [0.25, 0.3) is 5.91 Å².